The van der Waals surface area contributed by atoms with Gasteiger partial charge in [0.25, 0.3) is 5.91 Å². The minimum Gasteiger partial charge on any atom is -0.396 e. The summed E-state index contributed by atoms with van der Waals surface area (Å²) >= 11 is 4.77. The molecule has 0 fully saturated rings. The van der Waals surface area contributed by atoms with Crippen LogP contribution in [0.25, 0.3) is 0 Å². The third-order valence-corrected chi connectivity index (χ3v) is 5.41. The zero-order valence-electron chi connectivity index (χ0n) is 9.91. The average Bonchev–Trinajstić information content (AvgIpc) is 2.63. The molecule has 0 atom stereocenters. The van der Waals surface area contributed by atoms with Gasteiger partial charge in [-0.15, -0.1) is 41.4 Å². The molecule has 0 aliphatic carbocycles. The van der Waals surface area contributed by atoms with Crippen molar-refractivity contribution in [2.75, 3.05) is 24.3 Å². The van der Waals surface area contributed by atoms with Crippen LogP contribution in [0.4, 0.5) is 5.69 Å². The van der Waals surface area contributed by atoms with E-state index < -0.39 is 0 Å². The van der Waals surface area contributed by atoms with Gasteiger partial charge in [0.15, 0.2) is 0 Å². The van der Waals surface area contributed by atoms with E-state index in [-0.39, 0.29) is 5.91 Å². The Bertz CT molecular complexity index is 415. The molecule has 1 amide bonds. The summed E-state index contributed by atoms with van der Waals surface area (Å²) < 4.78 is 1.13. The van der Waals surface area contributed by atoms with Gasteiger partial charge in [-0.3, -0.25) is 4.79 Å². The average molecular weight is 288 g/mol. The van der Waals surface area contributed by atoms with Gasteiger partial charge in [0.05, 0.1) is 14.8 Å². The second-order valence-corrected chi connectivity index (χ2v) is 6.47. The minimum atomic E-state index is -0.120. The standard InChI is InChI=1S/C11H16N2OS3/c1-4-6-13-10(14)8-7(12)9(15-3)11(17-8)16-5-2/h4H,1,5-6,12H2,2-3H3,(H,13,14). The molecule has 0 aliphatic heterocycles. The molecule has 0 saturated carbocycles. The smallest absolute Gasteiger partial charge is 0.263 e. The lowest BCUT2D eigenvalue weighted by molar-refractivity contribution is 0.0963. The van der Waals surface area contributed by atoms with Crippen molar-refractivity contribution in [3.8, 4) is 0 Å². The quantitative estimate of drug-likeness (QED) is 0.624. The monoisotopic (exact) mass is 288 g/mol. The Kier molecular flexibility index (Phi) is 5.94. The zero-order chi connectivity index (χ0) is 12.8. The number of hydrogen-bond acceptors (Lipinski definition) is 5. The molecule has 0 bridgehead atoms. The highest BCUT2D eigenvalue weighted by molar-refractivity contribution is 8.03. The topological polar surface area (TPSA) is 55.1 Å². The Morgan fingerprint density at radius 1 is 1.65 bits per heavy atom. The van der Waals surface area contributed by atoms with Gasteiger partial charge in [0, 0.05) is 6.54 Å². The molecule has 0 radical (unpaired) electrons. The van der Waals surface area contributed by atoms with E-state index in [0.717, 1.165) is 14.9 Å². The molecule has 17 heavy (non-hydrogen) atoms. The second kappa shape index (κ2) is 6.98. The van der Waals surface area contributed by atoms with Crippen molar-refractivity contribution >= 4 is 46.5 Å². The maximum atomic E-state index is 11.9. The SMILES string of the molecule is C=CCNC(=O)c1sc(SCC)c(SC)c1N. The number of carbonyl (C=O) groups excluding carboxylic acids is 1. The number of thiophene rings is 1. The third-order valence-electron chi connectivity index (χ3n) is 1.96. The van der Waals surface area contributed by atoms with Crippen LogP contribution in [0.3, 0.4) is 0 Å². The Morgan fingerprint density at radius 3 is 2.88 bits per heavy atom. The number of amides is 1. The fourth-order valence-corrected chi connectivity index (χ4v) is 4.70. The maximum absolute atomic E-state index is 11.9. The van der Waals surface area contributed by atoms with Gasteiger partial charge in [0.1, 0.15) is 4.88 Å². The fourth-order valence-electron chi connectivity index (χ4n) is 1.24. The number of nitrogens with two attached hydrogens (primary N) is 1. The summed E-state index contributed by atoms with van der Waals surface area (Å²) in [5, 5.41) is 2.75. The summed E-state index contributed by atoms with van der Waals surface area (Å²) in [6.45, 7) is 6.11. The molecule has 1 heterocycles. The molecular formula is C11H16N2OS3. The van der Waals surface area contributed by atoms with Gasteiger partial charge >= 0.3 is 0 Å². The number of anilines is 1. The molecule has 0 unspecified atom stereocenters. The van der Waals surface area contributed by atoms with Crippen LogP contribution in [0.2, 0.25) is 0 Å². The normalized spacial score (nSPS) is 10.2. The van der Waals surface area contributed by atoms with Crippen molar-refractivity contribution in [2.45, 2.75) is 16.0 Å². The van der Waals surface area contributed by atoms with Crippen LogP contribution in [-0.2, 0) is 0 Å². The first kappa shape index (κ1) is 14.5. The molecular weight excluding hydrogens is 272 g/mol. The molecule has 0 saturated heterocycles. The van der Waals surface area contributed by atoms with Gasteiger partial charge in [-0.1, -0.05) is 13.0 Å². The van der Waals surface area contributed by atoms with Crippen molar-refractivity contribution in [3.05, 3.63) is 17.5 Å². The second-order valence-electron chi connectivity index (χ2n) is 3.10. The molecule has 1 aromatic heterocycles. The van der Waals surface area contributed by atoms with Crippen LogP contribution in [0.5, 0.6) is 0 Å². The number of carbonyl (C=O) groups is 1. The lowest BCUT2D eigenvalue weighted by atomic mass is 10.4. The Hall–Kier alpha value is -0.590. The molecule has 3 nitrogen and oxygen atoms in total. The van der Waals surface area contributed by atoms with Crippen molar-refractivity contribution in [1.29, 1.82) is 0 Å². The van der Waals surface area contributed by atoms with Crippen molar-refractivity contribution in [3.63, 3.8) is 0 Å². The highest BCUT2D eigenvalue weighted by Gasteiger charge is 2.19. The highest BCUT2D eigenvalue weighted by atomic mass is 32.2. The van der Waals surface area contributed by atoms with Crippen LogP contribution < -0.4 is 11.1 Å². The predicted octanol–water partition coefficient (Wildman–Crippen LogP) is 3.08. The Labute approximate surface area is 114 Å². The van der Waals surface area contributed by atoms with E-state index >= 15 is 0 Å². The molecule has 0 aliphatic rings. The van der Waals surface area contributed by atoms with Gasteiger partial charge in [-0.05, 0) is 12.0 Å². The summed E-state index contributed by atoms with van der Waals surface area (Å²) in [5.41, 5.74) is 6.60. The van der Waals surface area contributed by atoms with E-state index in [2.05, 4.69) is 18.8 Å². The summed E-state index contributed by atoms with van der Waals surface area (Å²) in [4.78, 5) is 13.5. The first-order valence-corrected chi connectivity index (χ1v) is 8.16. The van der Waals surface area contributed by atoms with Crippen LogP contribution in [-0.4, -0.2) is 24.5 Å². The maximum Gasteiger partial charge on any atom is 0.263 e. The summed E-state index contributed by atoms with van der Waals surface area (Å²) in [6.07, 6.45) is 3.63. The van der Waals surface area contributed by atoms with E-state index in [1.54, 1.807) is 29.6 Å². The molecule has 6 heteroatoms. The lowest BCUT2D eigenvalue weighted by Gasteiger charge is -2.01. The number of rotatable bonds is 6. The van der Waals surface area contributed by atoms with Crippen molar-refractivity contribution < 1.29 is 4.79 Å². The molecule has 3 N–H and O–H groups in total. The molecule has 0 spiro atoms. The van der Waals surface area contributed by atoms with E-state index in [0.29, 0.717) is 17.1 Å². The molecule has 1 rings (SSSR count). The summed E-state index contributed by atoms with van der Waals surface area (Å²) in [6, 6.07) is 0. The molecule has 1 aromatic rings. The minimum absolute atomic E-state index is 0.120. The van der Waals surface area contributed by atoms with E-state index in [1.165, 1.54) is 11.3 Å². The van der Waals surface area contributed by atoms with Gasteiger partial charge in [-0.25, -0.2) is 0 Å². The number of nitrogens with one attached hydrogen (secondary N) is 1. The lowest BCUT2D eigenvalue weighted by Crippen LogP contribution is -2.23. The van der Waals surface area contributed by atoms with Crippen molar-refractivity contribution in [1.82, 2.24) is 5.32 Å². The van der Waals surface area contributed by atoms with Gasteiger partial charge < -0.3 is 11.1 Å². The van der Waals surface area contributed by atoms with E-state index in [1.807, 2.05) is 6.26 Å². The van der Waals surface area contributed by atoms with Gasteiger partial charge in [0.2, 0.25) is 0 Å². The third kappa shape index (κ3) is 3.43. The number of nitrogen functional groups attached to an aromatic ring is 1. The van der Waals surface area contributed by atoms with Crippen LogP contribution in [0, 0.1) is 0 Å². The number of thioether (sulfide) groups is 2. The fraction of sp³-hybridized carbons (Fsp3) is 0.364. The highest BCUT2D eigenvalue weighted by Crippen LogP contribution is 2.43. The zero-order valence-corrected chi connectivity index (χ0v) is 12.4. The molecule has 0 aromatic carbocycles. The summed E-state index contributed by atoms with van der Waals surface area (Å²) in [5.74, 6) is 0.854. The summed E-state index contributed by atoms with van der Waals surface area (Å²) in [7, 11) is 0. The van der Waals surface area contributed by atoms with Gasteiger partial charge in [-0.2, -0.15) is 0 Å². The van der Waals surface area contributed by atoms with Crippen LogP contribution in [0.15, 0.2) is 21.8 Å². The van der Waals surface area contributed by atoms with Crippen LogP contribution >= 0.6 is 34.9 Å². The first-order valence-electron chi connectivity index (χ1n) is 5.13. The predicted molar refractivity (Wildman–Crippen MR) is 79.4 cm³/mol. The van der Waals surface area contributed by atoms with Crippen LogP contribution in [0.1, 0.15) is 16.6 Å². The first-order chi connectivity index (χ1) is 8.15. The largest absolute Gasteiger partial charge is 0.396 e. The Balaban J connectivity index is 2.99. The van der Waals surface area contributed by atoms with E-state index in [4.69, 9.17) is 5.73 Å². The Morgan fingerprint density at radius 2 is 2.35 bits per heavy atom. The van der Waals surface area contributed by atoms with Crippen molar-refractivity contribution in [2.24, 2.45) is 0 Å². The molecule has 94 valence electrons. The number of hydrogen-bond donors (Lipinski definition) is 2. The van der Waals surface area contributed by atoms with E-state index in [9.17, 15) is 4.79 Å².